The van der Waals surface area contributed by atoms with Gasteiger partial charge in [-0.15, -0.1) is 0 Å². The van der Waals surface area contributed by atoms with Crippen LogP contribution in [0.25, 0.3) is 11.1 Å². The Morgan fingerprint density at radius 2 is 1.69 bits per heavy atom. The van der Waals surface area contributed by atoms with Crippen LogP contribution in [-0.2, 0) is 11.2 Å². The van der Waals surface area contributed by atoms with Crippen LogP contribution in [0.5, 0.6) is 17.2 Å². The smallest absolute Gasteiger partial charge is 0.217 e. The van der Waals surface area contributed by atoms with Gasteiger partial charge in [-0.05, 0) is 72.0 Å². The van der Waals surface area contributed by atoms with Crippen LogP contribution < -0.4 is 30.3 Å². The fraction of sp³-hybridized carbons (Fsp3) is 0.259. The van der Waals surface area contributed by atoms with Crippen molar-refractivity contribution in [1.82, 2.24) is 5.32 Å². The van der Waals surface area contributed by atoms with E-state index in [1.165, 1.54) is 32.2 Å². The average Bonchev–Trinajstić information content (AvgIpc) is 3.08. The van der Waals surface area contributed by atoms with Crippen molar-refractivity contribution in [2.24, 2.45) is 0 Å². The zero-order valence-corrected chi connectivity index (χ0v) is 20.0. The SMILES string of the molecule is COc1cc2c(c(OC)c1OC)-c1ccc(Nc3ccc(F)cc3)c(=O)cc1C(NC(C)=O)CC2. The predicted molar refractivity (Wildman–Crippen MR) is 132 cm³/mol. The normalized spacial score (nSPS) is 14.1. The van der Waals surface area contributed by atoms with Gasteiger partial charge in [-0.2, -0.15) is 0 Å². The third-order valence-electron chi connectivity index (χ3n) is 6.04. The molecule has 7 nitrogen and oxygen atoms in total. The maximum absolute atomic E-state index is 13.3. The molecule has 0 fully saturated rings. The number of carbonyl (C=O) groups is 1. The molecule has 1 unspecified atom stereocenters. The molecule has 0 radical (unpaired) electrons. The lowest BCUT2D eigenvalue weighted by atomic mass is 9.95. The molecule has 0 saturated heterocycles. The number of anilines is 2. The number of aryl methyl sites for hydroxylation is 1. The van der Waals surface area contributed by atoms with Crippen LogP contribution in [0.1, 0.15) is 30.5 Å². The van der Waals surface area contributed by atoms with Crippen molar-refractivity contribution in [3.63, 3.8) is 0 Å². The first-order chi connectivity index (χ1) is 16.9. The van der Waals surface area contributed by atoms with E-state index in [1.807, 2.05) is 12.1 Å². The molecule has 1 aliphatic carbocycles. The van der Waals surface area contributed by atoms with Crippen molar-refractivity contribution in [2.75, 3.05) is 26.6 Å². The van der Waals surface area contributed by atoms with Gasteiger partial charge in [0, 0.05) is 18.2 Å². The van der Waals surface area contributed by atoms with Crippen LogP contribution in [0.4, 0.5) is 15.8 Å². The summed E-state index contributed by atoms with van der Waals surface area (Å²) < 4.78 is 30.3. The molecule has 2 N–H and O–H groups in total. The minimum atomic E-state index is -0.393. The van der Waals surface area contributed by atoms with Crippen LogP contribution >= 0.6 is 0 Å². The summed E-state index contributed by atoms with van der Waals surface area (Å²) in [5.41, 5.74) is 3.74. The zero-order valence-electron chi connectivity index (χ0n) is 20.0. The van der Waals surface area contributed by atoms with Gasteiger partial charge in [-0.25, -0.2) is 4.39 Å². The number of halogens is 1. The van der Waals surface area contributed by atoms with Gasteiger partial charge in [0.25, 0.3) is 0 Å². The van der Waals surface area contributed by atoms with Crippen molar-refractivity contribution in [1.29, 1.82) is 0 Å². The summed E-state index contributed by atoms with van der Waals surface area (Å²) in [6.07, 6.45) is 1.19. The van der Waals surface area contributed by atoms with Crippen LogP contribution in [-0.4, -0.2) is 27.2 Å². The Hall–Kier alpha value is -4.07. The van der Waals surface area contributed by atoms with Gasteiger partial charge in [-0.3, -0.25) is 9.59 Å². The lowest BCUT2D eigenvalue weighted by molar-refractivity contribution is -0.119. The van der Waals surface area contributed by atoms with E-state index >= 15 is 0 Å². The Bertz CT molecular complexity index is 1320. The number of benzene rings is 2. The molecule has 8 heteroatoms. The van der Waals surface area contributed by atoms with Gasteiger partial charge in [0.05, 0.1) is 33.1 Å². The number of methoxy groups -OCH3 is 3. The molecule has 1 amide bonds. The highest BCUT2D eigenvalue weighted by atomic mass is 19.1. The van der Waals surface area contributed by atoms with Crippen LogP contribution in [0.2, 0.25) is 0 Å². The van der Waals surface area contributed by atoms with Crippen molar-refractivity contribution >= 4 is 17.3 Å². The van der Waals surface area contributed by atoms with E-state index < -0.39 is 6.04 Å². The molecule has 35 heavy (non-hydrogen) atoms. The van der Waals surface area contributed by atoms with Crippen molar-refractivity contribution in [3.05, 3.63) is 75.7 Å². The van der Waals surface area contributed by atoms with Crippen LogP contribution in [0, 0.1) is 5.82 Å². The number of fused-ring (bicyclic) bond motifs is 3. The molecular formula is C27H27FN2O5. The van der Waals surface area contributed by atoms with Crippen molar-refractivity contribution < 1.29 is 23.4 Å². The largest absolute Gasteiger partial charge is 0.493 e. The Balaban J connectivity index is 1.97. The number of carbonyl (C=O) groups excluding carboxylic acids is 1. The Labute approximate surface area is 202 Å². The number of amides is 1. The van der Waals surface area contributed by atoms with E-state index in [0.29, 0.717) is 47.0 Å². The topological polar surface area (TPSA) is 85.9 Å². The van der Waals surface area contributed by atoms with E-state index in [-0.39, 0.29) is 17.2 Å². The maximum atomic E-state index is 13.3. The maximum Gasteiger partial charge on any atom is 0.217 e. The van der Waals surface area contributed by atoms with Gasteiger partial charge in [0.2, 0.25) is 17.1 Å². The predicted octanol–water partition coefficient (Wildman–Crippen LogP) is 4.75. The summed E-state index contributed by atoms with van der Waals surface area (Å²) in [4.78, 5) is 25.3. The highest BCUT2D eigenvalue weighted by Gasteiger charge is 2.29. The third-order valence-corrected chi connectivity index (χ3v) is 6.04. The summed E-state index contributed by atoms with van der Waals surface area (Å²) in [5, 5.41) is 6.05. The number of hydrogen-bond donors (Lipinski definition) is 2. The fourth-order valence-corrected chi connectivity index (χ4v) is 4.50. The summed E-state index contributed by atoms with van der Waals surface area (Å²) in [6.45, 7) is 1.45. The number of hydrogen-bond acceptors (Lipinski definition) is 6. The van der Waals surface area contributed by atoms with E-state index in [0.717, 1.165) is 16.7 Å². The second-order valence-corrected chi connectivity index (χ2v) is 8.23. The van der Waals surface area contributed by atoms with Gasteiger partial charge < -0.3 is 24.8 Å². The molecule has 0 bridgehead atoms. The summed E-state index contributed by atoms with van der Waals surface area (Å²) in [5.74, 6) is 0.896. The van der Waals surface area contributed by atoms with Crippen molar-refractivity contribution in [3.8, 4) is 28.4 Å². The average molecular weight is 479 g/mol. The molecule has 3 aromatic rings. The molecule has 1 aliphatic rings. The first kappa shape index (κ1) is 24.1. The monoisotopic (exact) mass is 478 g/mol. The first-order valence-electron chi connectivity index (χ1n) is 11.2. The molecule has 0 aromatic heterocycles. The quantitative estimate of drug-likeness (QED) is 0.532. The third kappa shape index (κ3) is 4.77. The van der Waals surface area contributed by atoms with E-state index in [2.05, 4.69) is 10.6 Å². The lowest BCUT2D eigenvalue weighted by Crippen LogP contribution is -2.26. The standard InChI is InChI=1S/C27H27FN2O5/c1-15(31)29-21-11-5-16-13-24(33-2)26(34-3)27(35-4)25(16)19-10-12-22(23(32)14-20(19)21)30-18-8-6-17(28)7-9-18/h6-10,12-14,21H,5,11H2,1-4H3,(H,29,31)(H,30,32). The highest BCUT2D eigenvalue weighted by Crippen LogP contribution is 2.50. The second kappa shape index (κ2) is 10.0. The molecule has 0 saturated carbocycles. The van der Waals surface area contributed by atoms with Crippen molar-refractivity contribution in [2.45, 2.75) is 25.8 Å². The Kier molecular flexibility index (Phi) is 6.91. The number of rotatable bonds is 6. The molecule has 0 spiro atoms. The lowest BCUT2D eigenvalue weighted by Gasteiger charge is -2.19. The molecule has 1 atom stereocenters. The summed E-state index contributed by atoms with van der Waals surface area (Å²) in [6, 6.07) is 12.3. The van der Waals surface area contributed by atoms with Gasteiger partial charge in [-0.1, -0.05) is 6.07 Å². The van der Waals surface area contributed by atoms with Gasteiger partial charge >= 0.3 is 0 Å². The minimum Gasteiger partial charge on any atom is -0.493 e. The van der Waals surface area contributed by atoms with Gasteiger partial charge in [0.15, 0.2) is 11.5 Å². The first-order valence-corrected chi connectivity index (χ1v) is 11.2. The fourth-order valence-electron chi connectivity index (χ4n) is 4.50. The molecular weight excluding hydrogens is 451 g/mol. The Morgan fingerprint density at radius 1 is 0.971 bits per heavy atom. The Morgan fingerprint density at radius 3 is 2.31 bits per heavy atom. The minimum absolute atomic E-state index is 0.197. The van der Waals surface area contributed by atoms with Gasteiger partial charge in [0.1, 0.15) is 5.82 Å². The summed E-state index contributed by atoms with van der Waals surface area (Å²) >= 11 is 0. The molecule has 182 valence electrons. The second-order valence-electron chi connectivity index (χ2n) is 8.23. The highest BCUT2D eigenvalue weighted by molar-refractivity contribution is 5.84. The molecule has 0 aliphatic heterocycles. The molecule has 0 heterocycles. The number of nitrogens with one attached hydrogen (secondary N) is 2. The zero-order chi connectivity index (χ0) is 25.1. The van der Waals surface area contributed by atoms with Crippen LogP contribution in [0.15, 0.2) is 53.3 Å². The number of ether oxygens (including phenoxy) is 3. The van der Waals surface area contributed by atoms with E-state index in [4.69, 9.17) is 14.2 Å². The van der Waals surface area contributed by atoms with Crippen LogP contribution in [0.3, 0.4) is 0 Å². The molecule has 3 aromatic carbocycles. The summed E-state index contributed by atoms with van der Waals surface area (Å²) in [7, 11) is 4.65. The van der Waals surface area contributed by atoms with E-state index in [1.54, 1.807) is 32.4 Å². The molecule has 4 rings (SSSR count). The van der Waals surface area contributed by atoms with E-state index in [9.17, 15) is 14.0 Å².